The largest absolute Gasteiger partial charge is 0.362 e. The van der Waals surface area contributed by atoms with Crippen LogP contribution in [0.4, 0.5) is 0 Å². The molecule has 1 atom stereocenters. The predicted molar refractivity (Wildman–Crippen MR) is 88.5 cm³/mol. The number of amidine groups is 1. The second-order valence-corrected chi connectivity index (χ2v) is 8.46. The summed E-state index contributed by atoms with van der Waals surface area (Å²) in [4.78, 5) is 4.70. The van der Waals surface area contributed by atoms with Crippen molar-refractivity contribution in [2.75, 3.05) is 6.54 Å². The average molecular weight is 288 g/mol. The smallest absolute Gasteiger partial charge is 0.157 e. The van der Waals surface area contributed by atoms with Gasteiger partial charge in [-0.05, 0) is 35.8 Å². The molecule has 1 unspecified atom stereocenters. The van der Waals surface area contributed by atoms with E-state index in [1.807, 2.05) is 11.8 Å². The minimum atomic E-state index is 0.395. The Morgan fingerprint density at radius 1 is 1.20 bits per heavy atom. The highest BCUT2D eigenvalue weighted by atomic mass is 32.2. The summed E-state index contributed by atoms with van der Waals surface area (Å²) in [5, 5.41) is 5.47. The molecular weight excluding hydrogens is 264 g/mol. The second-order valence-electron chi connectivity index (χ2n) is 7.17. The van der Waals surface area contributed by atoms with Gasteiger partial charge >= 0.3 is 0 Å². The normalized spacial score (nSPS) is 22.8. The number of aliphatic imine (C=N–C) groups is 1. The Hall–Kier alpha value is -0.960. The number of hydrogen-bond donors (Lipinski definition) is 1. The van der Waals surface area contributed by atoms with E-state index in [0.717, 1.165) is 24.6 Å². The third-order valence-corrected chi connectivity index (χ3v) is 5.05. The van der Waals surface area contributed by atoms with Crippen molar-refractivity contribution >= 4 is 16.9 Å². The van der Waals surface area contributed by atoms with E-state index >= 15 is 0 Å². The quantitative estimate of drug-likeness (QED) is 0.898. The van der Waals surface area contributed by atoms with Crippen LogP contribution in [0, 0.1) is 5.41 Å². The molecule has 0 bridgehead atoms. The Morgan fingerprint density at radius 2 is 1.85 bits per heavy atom. The molecule has 0 spiro atoms. The minimum absolute atomic E-state index is 0.395. The molecule has 1 N–H and O–H groups in total. The molecular formula is C17H24N2S. The third-order valence-electron chi connectivity index (χ3n) is 3.94. The van der Waals surface area contributed by atoms with Gasteiger partial charge in [-0.25, -0.2) is 0 Å². The molecule has 0 radical (unpaired) electrons. The van der Waals surface area contributed by atoms with E-state index in [1.54, 1.807) is 0 Å². The lowest BCUT2D eigenvalue weighted by molar-refractivity contribution is 0.375. The van der Waals surface area contributed by atoms with Crippen LogP contribution in [0.15, 0.2) is 29.3 Å². The van der Waals surface area contributed by atoms with Crippen molar-refractivity contribution in [3.63, 3.8) is 0 Å². The molecule has 0 aromatic heterocycles. The van der Waals surface area contributed by atoms with Gasteiger partial charge in [-0.1, -0.05) is 56.8 Å². The maximum atomic E-state index is 4.70. The highest BCUT2D eigenvalue weighted by molar-refractivity contribution is 8.14. The Kier molecular flexibility index (Phi) is 3.80. The van der Waals surface area contributed by atoms with Gasteiger partial charge in [0.15, 0.2) is 5.17 Å². The zero-order valence-electron chi connectivity index (χ0n) is 12.6. The van der Waals surface area contributed by atoms with Gasteiger partial charge in [0.25, 0.3) is 0 Å². The first-order valence-corrected chi connectivity index (χ1v) is 8.42. The van der Waals surface area contributed by atoms with Crippen LogP contribution < -0.4 is 5.32 Å². The van der Waals surface area contributed by atoms with Crippen LogP contribution in [0.3, 0.4) is 0 Å². The van der Waals surface area contributed by atoms with Crippen LogP contribution >= 0.6 is 11.8 Å². The van der Waals surface area contributed by atoms with Crippen molar-refractivity contribution in [1.82, 2.24) is 5.32 Å². The average Bonchev–Trinajstić information content (AvgIpc) is 2.93. The van der Waals surface area contributed by atoms with E-state index in [1.165, 1.54) is 17.5 Å². The number of fused-ring (bicyclic) bond motifs is 1. The number of benzene rings is 1. The summed E-state index contributed by atoms with van der Waals surface area (Å²) >= 11 is 1.94. The molecule has 3 heteroatoms. The molecule has 1 aromatic rings. The lowest BCUT2D eigenvalue weighted by atomic mass is 9.90. The van der Waals surface area contributed by atoms with E-state index in [2.05, 4.69) is 50.4 Å². The zero-order chi connectivity index (χ0) is 14.2. The van der Waals surface area contributed by atoms with Gasteiger partial charge in [0, 0.05) is 11.3 Å². The first kappa shape index (κ1) is 14.0. The fourth-order valence-corrected chi connectivity index (χ4v) is 4.55. The van der Waals surface area contributed by atoms with Crippen LogP contribution in [-0.4, -0.2) is 23.0 Å². The van der Waals surface area contributed by atoms with Crippen LogP contribution in [0.2, 0.25) is 0 Å². The lowest BCUT2D eigenvalue weighted by Gasteiger charge is -2.22. The van der Waals surface area contributed by atoms with Crippen LogP contribution in [0.1, 0.15) is 38.3 Å². The van der Waals surface area contributed by atoms with E-state index < -0.39 is 0 Å². The highest BCUT2D eigenvalue weighted by Gasteiger charge is 2.28. The lowest BCUT2D eigenvalue weighted by Crippen LogP contribution is -2.33. The summed E-state index contributed by atoms with van der Waals surface area (Å²) in [5.41, 5.74) is 3.39. The Labute approximate surface area is 126 Å². The van der Waals surface area contributed by atoms with Crippen molar-refractivity contribution in [2.24, 2.45) is 10.4 Å². The molecule has 2 nitrogen and oxygen atoms in total. The molecule has 1 aliphatic carbocycles. The van der Waals surface area contributed by atoms with Gasteiger partial charge in [0.05, 0.1) is 6.54 Å². The van der Waals surface area contributed by atoms with Crippen molar-refractivity contribution in [3.8, 4) is 0 Å². The second kappa shape index (κ2) is 5.44. The molecule has 0 amide bonds. The SMILES string of the molecule is CC(C)(C)CC1CN=C(NC2Cc3ccccc3C2)S1. The van der Waals surface area contributed by atoms with E-state index in [-0.39, 0.29) is 0 Å². The number of rotatable bonds is 2. The van der Waals surface area contributed by atoms with Crippen molar-refractivity contribution < 1.29 is 0 Å². The summed E-state index contributed by atoms with van der Waals surface area (Å²) in [5.74, 6) is 0. The maximum absolute atomic E-state index is 4.70. The summed E-state index contributed by atoms with van der Waals surface area (Å²) in [6.45, 7) is 7.91. The van der Waals surface area contributed by atoms with E-state index in [0.29, 0.717) is 16.7 Å². The summed E-state index contributed by atoms with van der Waals surface area (Å²) in [6.07, 6.45) is 3.51. The molecule has 0 saturated heterocycles. The third kappa shape index (κ3) is 3.38. The van der Waals surface area contributed by atoms with Crippen LogP contribution in [-0.2, 0) is 12.8 Å². The standard InChI is InChI=1S/C17H24N2S/c1-17(2,3)10-15-11-18-16(20-15)19-14-8-12-6-4-5-7-13(12)9-14/h4-7,14-15H,8-11H2,1-3H3,(H,18,19). The molecule has 1 heterocycles. The molecule has 0 fully saturated rings. The monoisotopic (exact) mass is 288 g/mol. The summed E-state index contributed by atoms with van der Waals surface area (Å²) in [6, 6.07) is 9.32. The molecule has 2 aliphatic rings. The first-order valence-electron chi connectivity index (χ1n) is 7.54. The fourth-order valence-electron chi connectivity index (χ4n) is 3.12. The van der Waals surface area contributed by atoms with Gasteiger partial charge < -0.3 is 5.32 Å². The zero-order valence-corrected chi connectivity index (χ0v) is 13.5. The topological polar surface area (TPSA) is 24.4 Å². The number of thioether (sulfide) groups is 1. The molecule has 1 aromatic carbocycles. The van der Waals surface area contributed by atoms with E-state index in [4.69, 9.17) is 4.99 Å². The van der Waals surface area contributed by atoms with Crippen LogP contribution in [0.25, 0.3) is 0 Å². The number of hydrogen-bond acceptors (Lipinski definition) is 3. The van der Waals surface area contributed by atoms with Gasteiger partial charge in [0.1, 0.15) is 0 Å². The van der Waals surface area contributed by atoms with Gasteiger partial charge in [0.2, 0.25) is 0 Å². The predicted octanol–water partition coefficient (Wildman–Crippen LogP) is 3.65. The summed E-state index contributed by atoms with van der Waals surface area (Å²) < 4.78 is 0. The van der Waals surface area contributed by atoms with E-state index in [9.17, 15) is 0 Å². The Balaban J connectivity index is 1.52. The summed E-state index contributed by atoms with van der Waals surface area (Å²) in [7, 11) is 0. The van der Waals surface area contributed by atoms with Gasteiger partial charge in [-0.2, -0.15) is 0 Å². The molecule has 20 heavy (non-hydrogen) atoms. The first-order chi connectivity index (χ1) is 9.49. The Bertz CT molecular complexity index is 491. The molecule has 0 saturated carbocycles. The molecule has 108 valence electrons. The highest BCUT2D eigenvalue weighted by Crippen LogP contribution is 2.32. The van der Waals surface area contributed by atoms with Crippen molar-refractivity contribution in [3.05, 3.63) is 35.4 Å². The van der Waals surface area contributed by atoms with Gasteiger partial charge in [-0.3, -0.25) is 4.99 Å². The molecule has 3 rings (SSSR count). The van der Waals surface area contributed by atoms with Gasteiger partial charge in [-0.15, -0.1) is 0 Å². The molecule has 1 aliphatic heterocycles. The number of nitrogens with zero attached hydrogens (tertiary/aromatic N) is 1. The van der Waals surface area contributed by atoms with Crippen molar-refractivity contribution in [2.45, 2.75) is 51.3 Å². The van der Waals surface area contributed by atoms with Crippen molar-refractivity contribution in [1.29, 1.82) is 0 Å². The fraction of sp³-hybridized carbons (Fsp3) is 0.588. The maximum Gasteiger partial charge on any atom is 0.157 e. The van der Waals surface area contributed by atoms with Crippen LogP contribution in [0.5, 0.6) is 0 Å². The Morgan fingerprint density at radius 3 is 2.45 bits per heavy atom. The minimum Gasteiger partial charge on any atom is -0.362 e. The number of nitrogens with one attached hydrogen (secondary N) is 1.